The van der Waals surface area contributed by atoms with Crippen molar-refractivity contribution in [2.45, 2.75) is 53.1 Å². The van der Waals surface area contributed by atoms with Crippen molar-refractivity contribution in [3.8, 4) is 0 Å². The van der Waals surface area contributed by atoms with Crippen LogP contribution in [0, 0.1) is 5.41 Å². The molecule has 0 amide bonds. The molecule has 0 bridgehead atoms. The zero-order valence-corrected chi connectivity index (χ0v) is 12.0. The van der Waals surface area contributed by atoms with Crippen LogP contribution in [0.25, 0.3) is 0 Å². The molecular weight excluding hydrogens is 228 g/mol. The standard InChI is InChI=1S/C13H26N4O/c1-11(2)17-12(15-10-16-17)8-14-9-13(3,4)6-5-7-18/h10-11,14,18H,5-9H2,1-4H3. The Hall–Kier alpha value is -0.940. The maximum absolute atomic E-state index is 8.86. The molecule has 104 valence electrons. The van der Waals surface area contributed by atoms with Crippen LogP contribution >= 0.6 is 0 Å². The van der Waals surface area contributed by atoms with Crippen molar-refractivity contribution in [3.63, 3.8) is 0 Å². The van der Waals surface area contributed by atoms with Crippen molar-refractivity contribution in [3.05, 3.63) is 12.2 Å². The first-order valence-corrected chi connectivity index (χ1v) is 6.66. The Morgan fingerprint density at radius 1 is 1.44 bits per heavy atom. The van der Waals surface area contributed by atoms with Crippen LogP contribution in [-0.4, -0.2) is 33.0 Å². The third kappa shape index (κ3) is 4.74. The number of hydrogen-bond acceptors (Lipinski definition) is 4. The molecule has 1 heterocycles. The first kappa shape index (κ1) is 15.1. The van der Waals surface area contributed by atoms with Crippen LogP contribution in [0.5, 0.6) is 0 Å². The van der Waals surface area contributed by atoms with Crippen molar-refractivity contribution in [1.29, 1.82) is 0 Å². The minimum Gasteiger partial charge on any atom is -0.396 e. The van der Waals surface area contributed by atoms with E-state index in [1.54, 1.807) is 6.33 Å². The largest absolute Gasteiger partial charge is 0.396 e. The molecule has 0 fully saturated rings. The maximum atomic E-state index is 8.86. The van der Waals surface area contributed by atoms with Gasteiger partial charge < -0.3 is 10.4 Å². The van der Waals surface area contributed by atoms with Crippen LogP contribution in [0.4, 0.5) is 0 Å². The summed E-state index contributed by atoms with van der Waals surface area (Å²) < 4.78 is 1.94. The van der Waals surface area contributed by atoms with Gasteiger partial charge in [0.25, 0.3) is 0 Å². The number of aliphatic hydroxyl groups excluding tert-OH is 1. The predicted molar refractivity (Wildman–Crippen MR) is 72.2 cm³/mol. The fourth-order valence-electron chi connectivity index (χ4n) is 1.99. The highest BCUT2D eigenvalue weighted by Gasteiger charge is 2.17. The lowest BCUT2D eigenvalue weighted by molar-refractivity contribution is 0.235. The Morgan fingerprint density at radius 3 is 2.78 bits per heavy atom. The van der Waals surface area contributed by atoms with E-state index < -0.39 is 0 Å². The number of nitrogens with zero attached hydrogens (tertiary/aromatic N) is 3. The molecule has 0 saturated heterocycles. The Kier molecular flexibility index (Phi) is 5.75. The van der Waals surface area contributed by atoms with Crippen molar-refractivity contribution >= 4 is 0 Å². The Bertz CT molecular complexity index is 347. The number of nitrogens with one attached hydrogen (secondary N) is 1. The summed E-state index contributed by atoms with van der Waals surface area (Å²) in [7, 11) is 0. The maximum Gasteiger partial charge on any atom is 0.141 e. The smallest absolute Gasteiger partial charge is 0.141 e. The van der Waals surface area contributed by atoms with E-state index >= 15 is 0 Å². The minimum absolute atomic E-state index is 0.200. The van der Waals surface area contributed by atoms with Gasteiger partial charge in [0, 0.05) is 19.2 Å². The summed E-state index contributed by atoms with van der Waals surface area (Å²) >= 11 is 0. The molecule has 0 unspecified atom stereocenters. The number of rotatable bonds is 8. The topological polar surface area (TPSA) is 63.0 Å². The van der Waals surface area contributed by atoms with Crippen LogP contribution < -0.4 is 5.32 Å². The van der Waals surface area contributed by atoms with Gasteiger partial charge in [0.1, 0.15) is 12.2 Å². The number of aliphatic hydroxyl groups is 1. The summed E-state index contributed by atoms with van der Waals surface area (Å²) in [6.07, 6.45) is 3.48. The molecule has 0 aromatic carbocycles. The molecule has 0 aliphatic heterocycles. The van der Waals surface area contributed by atoms with Gasteiger partial charge in [-0.2, -0.15) is 5.10 Å². The Balaban J connectivity index is 2.39. The van der Waals surface area contributed by atoms with E-state index in [1.165, 1.54) is 0 Å². The van der Waals surface area contributed by atoms with E-state index in [2.05, 4.69) is 43.1 Å². The average Bonchev–Trinajstić information content (AvgIpc) is 2.74. The summed E-state index contributed by atoms with van der Waals surface area (Å²) in [4.78, 5) is 4.27. The van der Waals surface area contributed by atoms with Gasteiger partial charge in [-0.15, -0.1) is 0 Å². The average molecular weight is 254 g/mol. The summed E-state index contributed by atoms with van der Waals surface area (Å²) in [5.41, 5.74) is 0.200. The first-order chi connectivity index (χ1) is 8.46. The Morgan fingerprint density at radius 2 is 2.17 bits per heavy atom. The van der Waals surface area contributed by atoms with Crippen LogP contribution in [0.3, 0.4) is 0 Å². The van der Waals surface area contributed by atoms with Gasteiger partial charge in [-0.05, 0) is 32.1 Å². The fourth-order valence-corrected chi connectivity index (χ4v) is 1.99. The zero-order valence-electron chi connectivity index (χ0n) is 12.0. The molecule has 5 nitrogen and oxygen atoms in total. The van der Waals surface area contributed by atoms with Crippen molar-refractivity contribution in [2.24, 2.45) is 5.41 Å². The fraction of sp³-hybridized carbons (Fsp3) is 0.846. The molecule has 0 radical (unpaired) electrons. The van der Waals surface area contributed by atoms with Gasteiger partial charge >= 0.3 is 0 Å². The molecule has 1 rings (SSSR count). The van der Waals surface area contributed by atoms with Gasteiger partial charge in [-0.1, -0.05) is 13.8 Å². The minimum atomic E-state index is 0.200. The second-order valence-corrected chi connectivity index (χ2v) is 5.81. The van der Waals surface area contributed by atoms with E-state index in [1.807, 2.05) is 4.68 Å². The molecule has 0 atom stereocenters. The normalized spacial score (nSPS) is 12.3. The van der Waals surface area contributed by atoms with Crippen LogP contribution in [0.2, 0.25) is 0 Å². The summed E-state index contributed by atoms with van der Waals surface area (Å²) in [6.45, 7) is 10.5. The molecule has 0 spiro atoms. The number of hydrogen-bond donors (Lipinski definition) is 2. The highest BCUT2D eigenvalue weighted by Crippen LogP contribution is 2.20. The van der Waals surface area contributed by atoms with Gasteiger partial charge in [-0.25, -0.2) is 9.67 Å². The van der Waals surface area contributed by atoms with E-state index in [0.717, 1.165) is 31.8 Å². The van der Waals surface area contributed by atoms with Crippen molar-refractivity contribution < 1.29 is 5.11 Å². The monoisotopic (exact) mass is 254 g/mol. The molecule has 18 heavy (non-hydrogen) atoms. The van der Waals surface area contributed by atoms with E-state index in [9.17, 15) is 0 Å². The highest BCUT2D eigenvalue weighted by atomic mass is 16.2. The molecule has 2 N–H and O–H groups in total. The second kappa shape index (κ2) is 6.85. The second-order valence-electron chi connectivity index (χ2n) is 5.81. The molecule has 5 heteroatoms. The zero-order chi connectivity index (χ0) is 13.6. The summed E-state index contributed by atoms with van der Waals surface area (Å²) in [5.74, 6) is 0.975. The molecule has 1 aromatic heterocycles. The van der Waals surface area contributed by atoms with Crippen LogP contribution in [-0.2, 0) is 6.54 Å². The predicted octanol–water partition coefficient (Wildman–Crippen LogP) is 1.75. The lowest BCUT2D eigenvalue weighted by atomic mass is 9.88. The van der Waals surface area contributed by atoms with Crippen LogP contribution in [0.1, 0.15) is 52.4 Å². The van der Waals surface area contributed by atoms with Gasteiger partial charge in [0.2, 0.25) is 0 Å². The quantitative estimate of drug-likeness (QED) is 0.742. The van der Waals surface area contributed by atoms with Gasteiger partial charge in [-0.3, -0.25) is 0 Å². The molecule has 0 saturated carbocycles. The third-order valence-electron chi connectivity index (χ3n) is 3.03. The van der Waals surface area contributed by atoms with Gasteiger partial charge in [0.05, 0.1) is 6.54 Å². The van der Waals surface area contributed by atoms with E-state index in [4.69, 9.17) is 5.11 Å². The Labute approximate surface area is 110 Å². The molecular formula is C13H26N4O. The number of aromatic nitrogens is 3. The van der Waals surface area contributed by atoms with Crippen molar-refractivity contribution in [1.82, 2.24) is 20.1 Å². The van der Waals surface area contributed by atoms with Gasteiger partial charge in [0.15, 0.2) is 0 Å². The SMILES string of the molecule is CC(C)n1ncnc1CNCC(C)(C)CCCO. The van der Waals surface area contributed by atoms with E-state index in [0.29, 0.717) is 6.04 Å². The third-order valence-corrected chi connectivity index (χ3v) is 3.03. The highest BCUT2D eigenvalue weighted by molar-refractivity contribution is 4.86. The lowest BCUT2D eigenvalue weighted by Crippen LogP contribution is -2.30. The van der Waals surface area contributed by atoms with E-state index in [-0.39, 0.29) is 12.0 Å². The summed E-state index contributed by atoms with van der Waals surface area (Å²) in [6, 6.07) is 0.340. The van der Waals surface area contributed by atoms with Crippen molar-refractivity contribution in [2.75, 3.05) is 13.2 Å². The van der Waals surface area contributed by atoms with Crippen LogP contribution in [0.15, 0.2) is 6.33 Å². The molecule has 0 aliphatic carbocycles. The molecule has 0 aliphatic rings. The molecule has 1 aromatic rings. The summed E-state index contributed by atoms with van der Waals surface area (Å²) in [5, 5.41) is 16.5. The first-order valence-electron chi connectivity index (χ1n) is 6.66. The lowest BCUT2D eigenvalue weighted by Gasteiger charge is -2.24.